The van der Waals surface area contributed by atoms with Gasteiger partial charge in [-0.25, -0.2) is 19.6 Å². The van der Waals surface area contributed by atoms with E-state index >= 15 is 0 Å². The van der Waals surface area contributed by atoms with E-state index < -0.39 is 0 Å². The average Bonchev–Trinajstić information content (AvgIpc) is 2.63. The molecule has 1 N–H and O–H groups in total. The molecule has 0 aromatic carbocycles. The summed E-state index contributed by atoms with van der Waals surface area (Å²) in [7, 11) is 0. The molecule has 2 heterocycles. The summed E-state index contributed by atoms with van der Waals surface area (Å²) in [5.41, 5.74) is 3.99. The largest absolute Gasteiger partial charge is 0.323 e. The van der Waals surface area contributed by atoms with Crippen LogP contribution in [-0.2, 0) is 0 Å². The molecular formula is C10H15N5. The second-order valence-electron chi connectivity index (χ2n) is 3.72. The number of aromatic nitrogens is 4. The highest BCUT2D eigenvalue weighted by molar-refractivity contribution is 5.50. The maximum Gasteiger partial charge on any atom is 0.182 e. The summed E-state index contributed by atoms with van der Waals surface area (Å²) in [6.07, 6.45) is 3.45. The van der Waals surface area contributed by atoms with Crippen LogP contribution in [0.1, 0.15) is 32.5 Å². The van der Waals surface area contributed by atoms with Gasteiger partial charge in [-0.3, -0.25) is 0 Å². The van der Waals surface area contributed by atoms with Gasteiger partial charge in [0.05, 0.1) is 6.20 Å². The first-order valence-corrected chi connectivity index (χ1v) is 5.16. The summed E-state index contributed by atoms with van der Waals surface area (Å²) in [6.45, 7) is 7.03. The number of imidazole rings is 1. The fourth-order valence-corrected chi connectivity index (χ4v) is 1.40. The van der Waals surface area contributed by atoms with E-state index in [0.29, 0.717) is 5.92 Å². The van der Waals surface area contributed by atoms with Crippen LogP contribution in [0.15, 0.2) is 12.5 Å². The van der Waals surface area contributed by atoms with Gasteiger partial charge >= 0.3 is 0 Å². The molecule has 0 saturated heterocycles. The molecule has 0 aliphatic carbocycles. The zero-order valence-corrected chi connectivity index (χ0v) is 9.23. The van der Waals surface area contributed by atoms with Crippen LogP contribution >= 0.6 is 0 Å². The Morgan fingerprint density at radius 1 is 1.40 bits per heavy atom. The molecular weight excluding hydrogens is 190 g/mol. The molecule has 0 fully saturated rings. The van der Waals surface area contributed by atoms with Gasteiger partial charge in [0.2, 0.25) is 0 Å². The van der Waals surface area contributed by atoms with Crippen LogP contribution in [0.2, 0.25) is 0 Å². The van der Waals surface area contributed by atoms with Crippen molar-refractivity contribution in [3.05, 3.63) is 18.3 Å². The van der Waals surface area contributed by atoms with E-state index in [2.05, 4.69) is 34.2 Å². The third-order valence-electron chi connectivity index (χ3n) is 2.14. The monoisotopic (exact) mass is 205 g/mol. The van der Waals surface area contributed by atoms with Gasteiger partial charge in [-0.15, -0.1) is 0 Å². The zero-order chi connectivity index (χ0) is 10.8. The van der Waals surface area contributed by atoms with Crippen molar-refractivity contribution in [2.45, 2.75) is 26.7 Å². The lowest BCUT2D eigenvalue weighted by Gasteiger charge is -2.09. The van der Waals surface area contributed by atoms with Crippen molar-refractivity contribution in [1.82, 2.24) is 19.6 Å². The lowest BCUT2D eigenvalue weighted by Crippen LogP contribution is -2.17. The molecule has 5 nitrogen and oxygen atoms in total. The van der Waals surface area contributed by atoms with Gasteiger partial charge in [0.1, 0.15) is 17.8 Å². The van der Waals surface area contributed by atoms with E-state index in [9.17, 15) is 0 Å². The van der Waals surface area contributed by atoms with E-state index in [0.717, 1.165) is 23.9 Å². The molecule has 2 aliphatic rings. The van der Waals surface area contributed by atoms with E-state index in [4.69, 9.17) is 0 Å². The predicted octanol–water partition coefficient (Wildman–Crippen LogP) is 1.46. The summed E-state index contributed by atoms with van der Waals surface area (Å²) in [6, 6.07) is 0. The topological polar surface area (TPSA) is 55.6 Å². The van der Waals surface area contributed by atoms with Crippen molar-refractivity contribution in [2.75, 3.05) is 12.0 Å². The van der Waals surface area contributed by atoms with Crippen LogP contribution in [0.3, 0.4) is 0 Å². The van der Waals surface area contributed by atoms with Crippen molar-refractivity contribution in [3.8, 4) is 11.5 Å². The first-order valence-electron chi connectivity index (χ1n) is 5.16. The average molecular weight is 205 g/mol. The summed E-state index contributed by atoms with van der Waals surface area (Å²) in [4.78, 5) is 13.0. The SMILES string of the molecule is CCNn1cncc2nc(C(C)C)nc1-2. The van der Waals surface area contributed by atoms with Crippen molar-refractivity contribution in [3.63, 3.8) is 0 Å². The lowest BCUT2D eigenvalue weighted by atomic mass is 10.2. The summed E-state index contributed by atoms with van der Waals surface area (Å²) in [5, 5.41) is 0. The van der Waals surface area contributed by atoms with E-state index in [1.807, 2.05) is 11.6 Å². The standard InChI is InChI=1S/C10H15N5/c1-4-12-15-6-11-5-8-10(15)14-9(13-8)7(2)3/h5-7,12H,4H2,1-3H3. The maximum atomic E-state index is 4.48. The van der Waals surface area contributed by atoms with Gasteiger partial charge in [0, 0.05) is 12.5 Å². The minimum atomic E-state index is 0.340. The molecule has 0 unspecified atom stereocenters. The number of hydrogen-bond donors (Lipinski definition) is 1. The van der Waals surface area contributed by atoms with Gasteiger partial charge in [-0.2, -0.15) is 0 Å². The van der Waals surface area contributed by atoms with E-state index in [-0.39, 0.29) is 0 Å². The fourth-order valence-electron chi connectivity index (χ4n) is 1.40. The number of hydrogen-bond acceptors (Lipinski definition) is 4. The Morgan fingerprint density at radius 3 is 2.87 bits per heavy atom. The molecule has 0 aromatic heterocycles. The van der Waals surface area contributed by atoms with Gasteiger partial charge in [-0.1, -0.05) is 13.8 Å². The molecule has 0 bridgehead atoms. The van der Waals surface area contributed by atoms with Gasteiger partial charge in [0.15, 0.2) is 5.82 Å². The van der Waals surface area contributed by atoms with Crippen LogP contribution < -0.4 is 5.43 Å². The van der Waals surface area contributed by atoms with Crippen LogP contribution in [0.25, 0.3) is 11.5 Å². The quantitative estimate of drug-likeness (QED) is 0.824. The Labute approximate surface area is 88.9 Å². The number of nitrogens with zero attached hydrogens (tertiary/aromatic N) is 4. The van der Waals surface area contributed by atoms with Crippen LogP contribution in [-0.4, -0.2) is 26.2 Å². The number of rotatable bonds is 3. The number of fused-ring (bicyclic) bond motifs is 1. The molecule has 0 radical (unpaired) electrons. The normalized spacial score (nSPS) is 11.2. The molecule has 5 heteroatoms. The molecule has 2 rings (SSSR count). The highest BCUT2D eigenvalue weighted by Gasteiger charge is 2.15. The molecule has 0 atom stereocenters. The molecule has 80 valence electrons. The van der Waals surface area contributed by atoms with Crippen molar-refractivity contribution < 1.29 is 0 Å². The Balaban J connectivity index is 2.48. The van der Waals surface area contributed by atoms with Crippen molar-refractivity contribution >= 4 is 0 Å². The third-order valence-corrected chi connectivity index (χ3v) is 2.14. The molecule has 0 spiro atoms. The summed E-state index contributed by atoms with van der Waals surface area (Å²) < 4.78 is 1.81. The first kappa shape index (κ1) is 9.89. The third kappa shape index (κ3) is 1.77. The molecule has 15 heavy (non-hydrogen) atoms. The highest BCUT2D eigenvalue weighted by atomic mass is 15.4. The summed E-state index contributed by atoms with van der Waals surface area (Å²) >= 11 is 0. The van der Waals surface area contributed by atoms with Crippen molar-refractivity contribution in [2.24, 2.45) is 0 Å². The smallest absolute Gasteiger partial charge is 0.182 e. The van der Waals surface area contributed by atoms with Gasteiger partial charge < -0.3 is 5.43 Å². The molecule has 0 saturated carbocycles. The van der Waals surface area contributed by atoms with Gasteiger partial charge in [0.25, 0.3) is 0 Å². The highest BCUT2D eigenvalue weighted by Crippen LogP contribution is 2.20. The van der Waals surface area contributed by atoms with E-state index in [1.54, 1.807) is 12.5 Å². The molecule has 0 amide bonds. The Morgan fingerprint density at radius 2 is 2.20 bits per heavy atom. The van der Waals surface area contributed by atoms with Crippen LogP contribution in [0.4, 0.5) is 0 Å². The van der Waals surface area contributed by atoms with Crippen LogP contribution in [0.5, 0.6) is 0 Å². The predicted molar refractivity (Wildman–Crippen MR) is 58.4 cm³/mol. The first-order chi connectivity index (χ1) is 7.22. The molecule has 2 aliphatic heterocycles. The zero-order valence-electron chi connectivity index (χ0n) is 9.23. The molecule has 0 aromatic rings. The second-order valence-corrected chi connectivity index (χ2v) is 3.72. The fraction of sp³-hybridized carbons (Fsp3) is 0.500. The van der Waals surface area contributed by atoms with Crippen molar-refractivity contribution in [1.29, 1.82) is 0 Å². The number of nitrogens with one attached hydrogen (secondary N) is 1. The second kappa shape index (κ2) is 3.84. The minimum absolute atomic E-state index is 0.340. The maximum absolute atomic E-state index is 4.48. The lowest BCUT2D eigenvalue weighted by molar-refractivity contribution is 0.784. The van der Waals surface area contributed by atoms with Crippen LogP contribution in [0, 0.1) is 0 Å². The summed E-state index contributed by atoms with van der Waals surface area (Å²) in [5.74, 6) is 2.05. The Kier molecular flexibility index (Phi) is 2.53. The Hall–Kier alpha value is -1.65. The van der Waals surface area contributed by atoms with E-state index in [1.165, 1.54) is 0 Å². The van der Waals surface area contributed by atoms with Gasteiger partial charge in [-0.05, 0) is 6.92 Å². The Bertz CT molecular complexity index is 420. The minimum Gasteiger partial charge on any atom is -0.323 e.